The third-order valence-corrected chi connectivity index (χ3v) is 2.11. The van der Waals surface area contributed by atoms with Crippen molar-refractivity contribution in [3.63, 3.8) is 0 Å². The van der Waals surface area contributed by atoms with E-state index in [1.165, 1.54) is 7.05 Å². The molecule has 0 heterocycles. The van der Waals surface area contributed by atoms with Crippen molar-refractivity contribution >= 4 is 5.91 Å². The van der Waals surface area contributed by atoms with Crippen LogP contribution in [0.2, 0.25) is 0 Å². The molecule has 0 aromatic heterocycles. The molecule has 82 valence electrons. The lowest BCUT2D eigenvalue weighted by Crippen LogP contribution is -2.28. The maximum absolute atomic E-state index is 13.3. The van der Waals surface area contributed by atoms with Crippen LogP contribution in [0.3, 0.4) is 0 Å². The first-order chi connectivity index (χ1) is 6.99. The molecule has 0 bridgehead atoms. The molecule has 3 nitrogen and oxygen atoms in total. The standard InChI is InChI=1S/C10H11F2NO2/c1-3-13(2)10(15)8-6(11)4-5-7(14)9(8)12/h4-5,14H,3H2,1-2H3. The van der Waals surface area contributed by atoms with Crippen LogP contribution in [-0.2, 0) is 0 Å². The summed E-state index contributed by atoms with van der Waals surface area (Å²) in [7, 11) is 1.42. The number of halogens is 2. The van der Waals surface area contributed by atoms with Gasteiger partial charge in [0.25, 0.3) is 5.91 Å². The van der Waals surface area contributed by atoms with E-state index in [9.17, 15) is 13.6 Å². The Morgan fingerprint density at radius 2 is 2.07 bits per heavy atom. The second kappa shape index (κ2) is 4.25. The molecule has 15 heavy (non-hydrogen) atoms. The van der Waals surface area contributed by atoms with Crippen LogP contribution in [0.15, 0.2) is 12.1 Å². The lowest BCUT2D eigenvalue weighted by atomic mass is 10.1. The van der Waals surface area contributed by atoms with Crippen molar-refractivity contribution in [1.29, 1.82) is 0 Å². The smallest absolute Gasteiger partial charge is 0.259 e. The summed E-state index contributed by atoms with van der Waals surface area (Å²) in [5.74, 6) is -3.72. The Morgan fingerprint density at radius 1 is 1.47 bits per heavy atom. The fraction of sp³-hybridized carbons (Fsp3) is 0.300. The lowest BCUT2D eigenvalue weighted by molar-refractivity contribution is 0.0792. The molecule has 1 N–H and O–H groups in total. The zero-order valence-corrected chi connectivity index (χ0v) is 8.42. The Morgan fingerprint density at radius 3 is 2.60 bits per heavy atom. The lowest BCUT2D eigenvalue weighted by Gasteiger charge is -2.15. The first-order valence-corrected chi connectivity index (χ1v) is 4.41. The van der Waals surface area contributed by atoms with E-state index in [0.717, 1.165) is 17.0 Å². The van der Waals surface area contributed by atoms with E-state index in [2.05, 4.69) is 0 Å². The zero-order valence-electron chi connectivity index (χ0n) is 8.42. The zero-order chi connectivity index (χ0) is 11.6. The van der Waals surface area contributed by atoms with Crippen molar-refractivity contribution in [2.45, 2.75) is 6.92 Å². The molecule has 0 spiro atoms. The van der Waals surface area contributed by atoms with Gasteiger partial charge in [-0.3, -0.25) is 4.79 Å². The van der Waals surface area contributed by atoms with E-state index in [-0.39, 0.29) is 0 Å². The van der Waals surface area contributed by atoms with Gasteiger partial charge in [0.05, 0.1) is 0 Å². The summed E-state index contributed by atoms with van der Waals surface area (Å²) in [6, 6.07) is 1.72. The molecule has 0 radical (unpaired) electrons. The molecule has 0 aliphatic heterocycles. The summed E-state index contributed by atoms with van der Waals surface area (Å²) in [5, 5.41) is 9.02. The minimum absolute atomic E-state index is 0.327. The number of phenols is 1. The molecular weight excluding hydrogens is 204 g/mol. The number of carbonyl (C=O) groups is 1. The van der Waals surface area contributed by atoms with Gasteiger partial charge in [0, 0.05) is 13.6 Å². The van der Waals surface area contributed by atoms with E-state index in [1.807, 2.05) is 0 Å². The Hall–Kier alpha value is -1.65. The van der Waals surface area contributed by atoms with Crippen molar-refractivity contribution in [3.8, 4) is 5.75 Å². The normalized spacial score (nSPS) is 10.1. The number of hydrogen-bond acceptors (Lipinski definition) is 2. The number of aromatic hydroxyl groups is 1. The number of amides is 1. The molecule has 0 saturated carbocycles. The van der Waals surface area contributed by atoms with Crippen molar-refractivity contribution < 1.29 is 18.7 Å². The fourth-order valence-electron chi connectivity index (χ4n) is 1.07. The SMILES string of the molecule is CCN(C)C(=O)c1c(F)ccc(O)c1F. The fourth-order valence-corrected chi connectivity index (χ4v) is 1.07. The topological polar surface area (TPSA) is 40.5 Å². The number of benzene rings is 1. The average Bonchev–Trinajstić information content (AvgIpc) is 2.22. The first-order valence-electron chi connectivity index (χ1n) is 4.41. The summed E-state index contributed by atoms with van der Waals surface area (Å²) in [4.78, 5) is 12.7. The van der Waals surface area contributed by atoms with Gasteiger partial charge in [-0.15, -0.1) is 0 Å². The highest BCUT2D eigenvalue weighted by Crippen LogP contribution is 2.22. The number of hydrogen-bond donors (Lipinski definition) is 1. The number of phenolic OH excluding ortho intramolecular Hbond substituents is 1. The highest BCUT2D eigenvalue weighted by atomic mass is 19.1. The van der Waals surface area contributed by atoms with Crippen molar-refractivity contribution in [1.82, 2.24) is 4.90 Å². The summed E-state index contributed by atoms with van der Waals surface area (Å²) < 4.78 is 26.5. The van der Waals surface area contributed by atoms with Gasteiger partial charge in [0.1, 0.15) is 11.4 Å². The molecule has 1 amide bonds. The maximum Gasteiger partial charge on any atom is 0.259 e. The highest BCUT2D eigenvalue weighted by molar-refractivity contribution is 5.95. The molecular formula is C10H11F2NO2. The Labute approximate surface area is 85.9 Å². The number of nitrogens with zero attached hydrogens (tertiary/aromatic N) is 1. The summed E-state index contributed by atoms with van der Waals surface area (Å²) in [6.07, 6.45) is 0. The first kappa shape index (κ1) is 11.4. The van der Waals surface area contributed by atoms with Crippen LogP contribution in [-0.4, -0.2) is 29.5 Å². The second-order valence-electron chi connectivity index (χ2n) is 3.07. The van der Waals surface area contributed by atoms with Crippen molar-refractivity contribution in [3.05, 3.63) is 29.3 Å². The molecule has 0 fully saturated rings. The third kappa shape index (κ3) is 2.06. The minimum Gasteiger partial charge on any atom is -0.505 e. The molecule has 1 aromatic rings. The van der Waals surface area contributed by atoms with Gasteiger partial charge in [-0.25, -0.2) is 8.78 Å². The van der Waals surface area contributed by atoms with Crippen LogP contribution in [0.25, 0.3) is 0 Å². The van der Waals surface area contributed by atoms with Gasteiger partial charge >= 0.3 is 0 Å². The quantitative estimate of drug-likeness (QED) is 0.816. The van der Waals surface area contributed by atoms with E-state index in [4.69, 9.17) is 5.11 Å². The molecule has 1 rings (SSSR count). The van der Waals surface area contributed by atoms with Gasteiger partial charge < -0.3 is 10.0 Å². The maximum atomic E-state index is 13.3. The highest BCUT2D eigenvalue weighted by Gasteiger charge is 2.22. The van der Waals surface area contributed by atoms with Crippen molar-refractivity contribution in [2.75, 3.05) is 13.6 Å². The van der Waals surface area contributed by atoms with Crippen LogP contribution < -0.4 is 0 Å². The summed E-state index contributed by atoms with van der Waals surface area (Å²) >= 11 is 0. The predicted octanol–water partition coefficient (Wildman–Crippen LogP) is 1.76. The van der Waals surface area contributed by atoms with E-state index < -0.39 is 28.9 Å². The van der Waals surface area contributed by atoms with Crippen molar-refractivity contribution in [2.24, 2.45) is 0 Å². The van der Waals surface area contributed by atoms with Crippen LogP contribution in [0, 0.1) is 11.6 Å². The number of carbonyl (C=O) groups excluding carboxylic acids is 1. The summed E-state index contributed by atoms with van der Waals surface area (Å²) in [5.41, 5.74) is -0.723. The molecule has 0 saturated heterocycles. The third-order valence-electron chi connectivity index (χ3n) is 2.11. The average molecular weight is 215 g/mol. The second-order valence-corrected chi connectivity index (χ2v) is 3.07. The number of rotatable bonds is 2. The van der Waals surface area contributed by atoms with Gasteiger partial charge in [0.15, 0.2) is 11.6 Å². The molecule has 0 aliphatic carbocycles. The van der Waals surface area contributed by atoms with E-state index in [0.29, 0.717) is 6.54 Å². The van der Waals surface area contributed by atoms with Crippen LogP contribution in [0.5, 0.6) is 5.75 Å². The Bertz CT molecular complexity index is 393. The van der Waals surface area contributed by atoms with E-state index >= 15 is 0 Å². The molecule has 0 aliphatic rings. The van der Waals surface area contributed by atoms with E-state index in [1.54, 1.807) is 6.92 Å². The van der Waals surface area contributed by atoms with Crippen LogP contribution in [0.1, 0.15) is 17.3 Å². The largest absolute Gasteiger partial charge is 0.505 e. The Balaban J connectivity index is 3.24. The Kier molecular flexibility index (Phi) is 3.24. The molecule has 5 heteroatoms. The van der Waals surface area contributed by atoms with Gasteiger partial charge in [-0.2, -0.15) is 0 Å². The predicted molar refractivity (Wildman–Crippen MR) is 50.7 cm³/mol. The molecule has 0 atom stereocenters. The summed E-state index contributed by atoms with van der Waals surface area (Å²) in [6.45, 7) is 2.00. The monoisotopic (exact) mass is 215 g/mol. The van der Waals surface area contributed by atoms with Gasteiger partial charge in [-0.05, 0) is 19.1 Å². The van der Waals surface area contributed by atoms with Gasteiger partial charge in [-0.1, -0.05) is 0 Å². The molecule has 1 aromatic carbocycles. The molecule has 0 unspecified atom stereocenters. The van der Waals surface area contributed by atoms with Crippen LogP contribution in [0.4, 0.5) is 8.78 Å². The van der Waals surface area contributed by atoms with Gasteiger partial charge in [0.2, 0.25) is 0 Å². The van der Waals surface area contributed by atoms with Crippen LogP contribution >= 0.6 is 0 Å². The minimum atomic E-state index is -1.22.